The zero-order valence-electron chi connectivity index (χ0n) is 12.7. The van der Waals surface area contributed by atoms with Crippen LogP contribution in [-0.4, -0.2) is 16.7 Å². The Morgan fingerprint density at radius 3 is 2.43 bits per heavy atom. The summed E-state index contributed by atoms with van der Waals surface area (Å²) in [6, 6.07) is 12.2. The number of halogens is 1. The lowest BCUT2D eigenvalue weighted by Crippen LogP contribution is -2.12. The van der Waals surface area contributed by atoms with E-state index in [2.05, 4.69) is 10.3 Å². The van der Waals surface area contributed by atoms with E-state index in [0.29, 0.717) is 21.8 Å². The van der Waals surface area contributed by atoms with Crippen LogP contribution in [0.1, 0.15) is 33.3 Å². The first kappa shape index (κ1) is 15.3. The number of hydrogen-bond donors (Lipinski definition) is 2. The van der Waals surface area contributed by atoms with E-state index in [9.17, 15) is 9.59 Å². The predicted octanol–water partition coefficient (Wildman–Crippen LogP) is 4.58. The Hall–Kier alpha value is -2.59. The number of aryl methyl sites for hydroxylation is 1. The zero-order chi connectivity index (χ0) is 16.6. The second-order valence-corrected chi connectivity index (χ2v) is 5.84. The number of benzene rings is 2. The van der Waals surface area contributed by atoms with Crippen molar-refractivity contribution in [2.75, 3.05) is 5.32 Å². The molecule has 23 heavy (non-hydrogen) atoms. The molecule has 0 bridgehead atoms. The number of amides is 1. The molecule has 3 rings (SSSR count). The predicted molar refractivity (Wildman–Crippen MR) is 92.4 cm³/mol. The van der Waals surface area contributed by atoms with Gasteiger partial charge in [-0.3, -0.25) is 9.59 Å². The van der Waals surface area contributed by atoms with Crippen molar-refractivity contribution in [3.63, 3.8) is 0 Å². The molecule has 0 aliphatic heterocycles. The van der Waals surface area contributed by atoms with Crippen molar-refractivity contribution in [3.05, 3.63) is 64.3 Å². The lowest BCUT2D eigenvalue weighted by Gasteiger charge is -2.06. The first-order chi connectivity index (χ1) is 11.0. The van der Waals surface area contributed by atoms with E-state index in [1.807, 2.05) is 13.0 Å². The average molecular weight is 327 g/mol. The van der Waals surface area contributed by atoms with Gasteiger partial charge in [-0.25, -0.2) is 0 Å². The van der Waals surface area contributed by atoms with E-state index in [-0.39, 0.29) is 11.7 Å². The van der Waals surface area contributed by atoms with Crippen molar-refractivity contribution in [1.29, 1.82) is 0 Å². The highest BCUT2D eigenvalue weighted by atomic mass is 35.5. The number of hydrogen-bond acceptors (Lipinski definition) is 2. The van der Waals surface area contributed by atoms with Gasteiger partial charge >= 0.3 is 0 Å². The van der Waals surface area contributed by atoms with Crippen molar-refractivity contribution in [3.8, 4) is 0 Å². The maximum atomic E-state index is 12.6. The van der Waals surface area contributed by atoms with E-state index in [1.54, 1.807) is 36.4 Å². The first-order valence-electron chi connectivity index (χ1n) is 7.16. The molecule has 0 saturated heterocycles. The summed E-state index contributed by atoms with van der Waals surface area (Å²) in [6.45, 7) is 3.36. The standard InChI is InChI=1S/C18H15ClN2O2/c1-10-17(15-8-5-13(19)9-16(15)20-10)18(23)21-14-6-3-12(4-7-14)11(2)22/h3-9,20H,1-2H3,(H,21,23). The summed E-state index contributed by atoms with van der Waals surface area (Å²) in [4.78, 5) is 27.0. The molecular formula is C18H15ClN2O2. The molecule has 1 heterocycles. The quantitative estimate of drug-likeness (QED) is 0.692. The largest absolute Gasteiger partial charge is 0.358 e. The molecule has 3 aromatic rings. The Bertz CT molecular complexity index is 911. The molecule has 0 atom stereocenters. The van der Waals surface area contributed by atoms with Crippen LogP contribution in [0, 0.1) is 6.92 Å². The average Bonchev–Trinajstić information content (AvgIpc) is 2.82. The number of Topliss-reactive ketones (excluding diaryl/α,β-unsaturated/α-hetero) is 1. The monoisotopic (exact) mass is 326 g/mol. The van der Waals surface area contributed by atoms with Gasteiger partial charge in [0.1, 0.15) is 0 Å². The molecule has 116 valence electrons. The van der Waals surface area contributed by atoms with Crippen LogP contribution in [0.5, 0.6) is 0 Å². The topological polar surface area (TPSA) is 62.0 Å². The summed E-state index contributed by atoms with van der Waals surface area (Å²) < 4.78 is 0. The number of rotatable bonds is 3. The van der Waals surface area contributed by atoms with Gasteiger partial charge in [0.2, 0.25) is 0 Å². The number of aromatic amines is 1. The van der Waals surface area contributed by atoms with E-state index in [1.165, 1.54) is 6.92 Å². The Balaban J connectivity index is 1.91. The lowest BCUT2D eigenvalue weighted by atomic mass is 10.1. The number of fused-ring (bicyclic) bond motifs is 1. The lowest BCUT2D eigenvalue weighted by molar-refractivity contribution is 0.101. The summed E-state index contributed by atoms with van der Waals surface area (Å²) in [7, 11) is 0. The van der Waals surface area contributed by atoms with E-state index in [4.69, 9.17) is 11.6 Å². The normalized spacial score (nSPS) is 10.7. The molecule has 2 aromatic carbocycles. The van der Waals surface area contributed by atoms with Crippen LogP contribution >= 0.6 is 11.6 Å². The molecule has 5 heteroatoms. The van der Waals surface area contributed by atoms with Gasteiger partial charge in [0, 0.05) is 32.9 Å². The number of H-pyrrole nitrogens is 1. The van der Waals surface area contributed by atoms with Crippen LogP contribution in [0.15, 0.2) is 42.5 Å². The third-order valence-corrected chi connectivity index (χ3v) is 3.96. The van der Waals surface area contributed by atoms with E-state index < -0.39 is 0 Å². The number of aromatic nitrogens is 1. The fourth-order valence-electron chi connectivity index (χ4n) is 2.58. The third-order valence-electron chi connectivity index (χ3n) is 3.72. The highest BCUT2D eigenvalue weighted by Gasteiger charge is 2.16. The SMILES string of the molecule is CC(=O)c1ccc(NC(=O)c2c(C)[nH]c3cc(Cl)ccc23)cc1. The fourth-order valence-corrected chi connectivity index (χ4v) is 2.75. The molecule has 0 spiro atoms. The first-order valence-corrected chi connectivity index (χ1v) is 7.53. The number of nitrogens with one attached hydrogen (secondary N) is 2. The van der Waals surface area contributed by atoms with Crippen LogP contribution in [0.2, 0.25) is 5.02 Å². The molecule has 0 saturated carbocycles. The van der Waals surface area contributed by atoms with Crippen molar-refractivity contribution in [2.45, 2.75) is 13.8 Å². The molecule has 0 fully saturated rings. The Kier molecular flexibility index (Phi) is 3.92. The van der Waals surface area contributed by atoms with Crippen LogP contribution in [-0.2, 0) is 0 Å². The summed E-state index contributed by atoms with van der Waals surface area (Å²) in [6.07, 6.45) is 0. The Morgan fingerprint density at radius 2 is 1.78 bits per heavy atom. The smallest absolute Gasteiger partial charge is 0.258 e. The van der Waals surface area contributed by atoms with Gasteiger partial charge in [-0.1, -0.05) is 17.7 Å². The summed E-state index contributed by atoms with van der Waals surface area (Å²) >= 11 is 5.98. The van der Waals surface area contributed by atoms with Crippen molar-refractivity contribution in [2.24, 2.45) is 0 Å². The van der Waals surface area contributed by atoms with Gasteiger partial charge in [-0.15, -0.1) is 0 Å². The molecular weight excluding hydrogens is 312 g/mol. The molecule has 2 N–H and O–H groups in total. The van der Waals surface area contributed by atoms with E-state index >= 15 is 0 Å². The fraction of sp³-hybridized carbons (Fsp3) is 0.111. The van der Waals surface area contributed by atoms with Crippen molar-refractivity contribution < 1.29 is 9.59 Å². The van der Waals surface area contributed by atoms with Crippen LogP contribution in [0.3, 0.4) is 0 Å². The number of carbonyl (C=O) groups excluding carboxylic acids is 2. The minimum absolute atomic E-state index is 0.00720. The van der Waals surface area contributed by atoms with Gasteiger partial charge in [-0.2, -0.15) is 0 Å². The highest BCUT2D eigenvalue weighted by molar-refractivity contribution is 6.31. The molecule has 4 nitrogen and oxygen atoms in total. The van der Waals surface area contributed by atoms with Gasteiger partial charge in [0.25, 0.3) is 5.91 Å². The van der Waals surface area contributed by atoms with Gasteiger partial charge < -0.3 is 10.3 Å². The number of anilines is 1. The molecule has 0 aliphatic carbocycles. The zero-order valence-corrected chi connectivity index (χ0v) is 13.5. The maximum Gasteiger partial charge on any atom is 0.258 e. The van der Waals surface area contributed by atoms with Crippen molar-refractivity contribution in [1.82, 2.24) is 4.98 Å². The summed E-state index contributed by atoms with van der Waals surface area (Å²) in [5.41, 5.74) is 3.45. The maximum absolute atomic E-state index is 12.6. The number of ketones is 1. The van der Waals surface area contributed by atoms with Crippen molar-refractivity contribution >= 4 is 39.9 Å². The minimum Gasteiger partial charge on any atom is -0.358 e. The molecule has 0 radical (unpaired) electrons. The molecule has 0 aliphatic rings. The second-order valence-electron chi connectivity index (χ2n) is 5.40. The Labute approximate surface area is 138 Å². The summed E-state index contributed by atoms with van der Waals surface area (Å²) in [5.74, 6) is -0.209. The van der Waals surface area contributed by atoms with Gasteiger partial charge in [0.05, 0.1) is 5.56 Å². The molecule has 1 aromatic heterocycles. The van der Waals surface area contributed by atoms with Crippen LogP contribution in [0.25, 0.3) is 10.9 Å². The summed E-state index contributed by atoms with van der Waals surface area (Å²) in [5, 5.41) is 4.29. The van der Waals surface area contributed by atoms with E-state index in [0.717, 1.165) is 16.6 Å². The van der Waals surface area contributed by atoms with Gasteiger partial charge in [-0.05, 0) is 50.2 Å². The molecule has 1 amide bonds. The highest BCUT2D eigenvalue weighted by Crippen LogP contribution is 2.26. The second kappa shape index (κ2) is 5.89. The number of carbonyl (C=O) groups is 2. The minimum atomic E-state index is -0.202. The molecule has 0 unspecified atom stereocenters. The van der Waals surface area contributed by atoms with Crippen LogP contribution < -0.4 is 5.32 Å². The third kappa shape index (κ3) is 2.98. The van der Waals surface area contributed by atoms with Gasteiger partial charge in [0.15, 0.2) is 5.78 Å². The Morgan fingerprint density at radius 1 is 1.09 bits per heavy atom. The van der Waals surface area contributed by atoms with Crippen LogP contribution in [0.4, 0.5) is 5.69 Å².